The van der Waals surface area contributed by atoms with E-state index in [4.69, 9.17) is 10.5 Å². The summed E-state index contributed by atoms with van der Waals surface area (Å²) in [7, 11) is 2.12. The molecule has 1 aliphatic heterocycles. The van der Waals surface area contributed by atoms with Crippen LogP contribution in [0.15, 0.2) is 24.3 Å². The standard InChI is InChI=1S/C12H19N3O/c1-15-5-6-16-12(9-15)8-14-11-4-2-3-10(13)7-11/h2-4,7,12,14H,5-6,8-9,13H2,1H3. The zero-order valence-corrected chi connectivity index (χ0v) is 9.65. The van der Waals surface area contributed by atoms with Crippen LogP contribution in [0.3, 0.4) is 0 Å². The lowest BCUT2D eigenvalue weighted by Crippen LogP contribution is -2.43. The molecule has 1 aromatic rings. The fourth-order valence-corrected chi connectivity index (χ4v) is 1.87. The van der Waals surface area contributed by atoms with E-state index in [1.54, 1.807) is 0 Å². The summed E-state index contributed by atoms with van der Waals surface area (Å²) >= 11 is 0. The van der Waals surface area contributed by atoms with Gasteiger partial charge in [0.2, 0.25) is 0 Å². The Balaban J connectivity index is 1.82. The summed E-state index contributed by atoms with van der Waals surface area (Å²) in [4.78, 5) is 2.29. The fraction of sp³-hybridized carbons (Fsp3) is 0.500. The minimum Gasteiger partial charge on any atom is -0.399 e. The molecular weight excluding hydrogens is 202 g/mol. The number of ether oxygens (including phenoxy) is 1. The van der Waals surface area contributed by atoms with Crippen molar-refractivity contribution in [3.63, 3.8) is 0 Å². The van der Waals surface area contributed by atoms with E-state index in [0.717, 1.165) is 37.6 Å². The van der Waals surface area contributed by atoms with Crippen LogP contribution in [0.5, 0.6) is 0 Å². The third-order valence-corrected chi connectivity index (χ3v) is 2.76. The van der Waals surface area contributed by atoms with E-state index < -0.39 is 0 Å². The maximum atomic E-state index is 5.71. The Hall–Kier alpha value is -1.26. The third-order valence-electron chi connectivity index (χ3n) is 2.76. The molecule has 0 saturated carbocycles. The van der Waals surface area contributed by atoms with E-state index >= 15 is 0 Å². The first-order valence-electron chi connectivity index (χ1n) is 5.63. The van der Waals surface area contributed by atoms with Crippen molar-refractivity contribution < 1.29 is 4.74 Å². The summed E-state index contributed by atoms with van der Waals surface area (Å²) < 4.78 is 5.66. The summed E-state index contributed by atoms with van der Waals surface area (Å²) in [6, 6.07) is 7.79. The van der Waals surface area contributed by atoms with Crippen LogP contribution in [-0.2, 0) is 4.74 Å². The monoisotopic (exact) mass is 221 g/mol. The number of likely N-dealkylation sites (N-methyl/N-ethyl adjacent to an activating group) is 1. The van der Waals surface area contributed by atoms with E-state index in [2.05, 4.69) is 17.3 Å². The highest BCUT2D eigenvalue weighted by Crippen LogP contribution is 2.12. The van der Waals surface area contributed by atoms with Crippen molar-refractivity contribution in [2.24, 2.45) is 0 Å². The second-order valence-electron chi connectivity index (χ2n) is 4.26. The van der Waals surface area contributed by atoms with Crippen molar-refractivity contribution in [3.05, 3.63) is 24.3 Å². The first-order valence-corrected chi connectivity index (χ1v) is 5.63. The molecule has 2 rings (SSSR count). The molecule has 1 saturated heterocycles. The number of benzene rings is 1. The first-order chi connectivity index (χ1) is 7.74. The molecule has 0 radical (unpaired) electrons. The Bertz CT molecular complexity index is 343. The molecule has 0 spiro atoms. The maximum absolute atomic E-state index is 5.71. The molecule has 1 heterocycles. The summed E-state index contributed by atoms with van der Waals surface area (Å²) in [5.74, 6) is 0. The van der Waals surface area contributed by atoms with E-state index in [0.29, 0.717) is 0 Å². The van der Waals surface area contributed by atoms with Gasteiger partial charge in [-0.3, -0.25) is 0 Å². The molecule has 16 heavy (non-hydrogen) atoms. The number of nitrogens with two attached hydrogens (primary N) is 1. The Labute approximate surface area is 96.4 Å². The highest BCUT2D eigenvalue weighted by molar-refractivity contribution is 5.54. The Kier molecular flexibility index (Phi) is 3.64. The van der Waals surface area contributed by atoms with Crippen LogP contribution in [0.1, 0.15) is 0 Å². The van der Waals surface area contributed by atoms with Crippen molar-refractivity contribution in [2.45, 2.75) is 6.10 Å². The molecule has 1 atom stereocenters. The topological polar surface area (TPSA) is 50.5 Å². The number of rotatable bonds is 3. The van der Waals surface area contributed by atoms with E-state index in [-0.39, 0.29) is 6.10 Å². The number of nitrogens with zero attached hydrogens (tertiary/aromatic N) is 1. The van der Waals surface area contributed by atoms with Gasteiger partial charge in [0, 0.05) is 31.0 Å². The predicted molar refractivity (Wildman–Crippen MR) is 66.6 cm³/mol. The van der Waals surface area contributed by atoms with Gasteiger partial charge in [0.05, 0.1) is 12.7 Å². The van der Waals surface area contributed by atoms with E-state index in [9.17, 15) is 0 Å². The van der Waals surface area contributed by atoms with Gasteiger partial charge in [0.1, 0.15) is 0 Å². The van der Waals surface area contributed by atoms with Crippen molar-refractivity contribution in [1.82, 2.24) is 4.90 Å². The van der Waals surface area contributed by atoms with Gasteiger partial charge in [-0.1, -0.05) is 6.07 Å². The van der Waals surface area contributed by atoms with Gasteiger partial charge < -0.3 is 20.7 Å². The molecule has 0 aromatic heterocycles. The molecule has 0 amide bonds. The second kappa shape index (κ2) is 5.18. The van der Waals surface area contributed by atoms with Crippen LogP contribution in [0, 0.1) is 0 Å². The largest absolute Gasteiger partial charge is 0.399 e. The minimum absolute atomic E-state index is 0.264. The van der Waals surface area contributed by atoms with Crippen LogP contribution in [0.4, 0.5) is 11.4 Å². The molecule has 1 unspecified atom stereocenters. The Morgan fingerprint density at radius 2 is 2.44 bits per heavy atom. The molecule has 4 nitrogen and oxygen atoms in total. The Morgan fingerprint density at radius 1 is 1.56 bits per heavy atom. The molecule has 0 aliphatic carbocycles. The zero-order chi connectivity index (χ0) is 11.4. The minimum atomic E-state index is 0.264. The average Bonchev–Trinajstić information content (AvgIpc) is 2.27. The van der Waals surface area contributed by atoms with Gasteiger partial charge in [-0.25, -0.2) is 0 Å². The lowest BCUT2D eigenvalue weighted by atomic mass is 10.2. The third kappa shape index (κ3) is 3.12. The van der Waals surface area contributed by atoms with Gasteiger partial charge >= 0.3 is 0 Å². The summed E-state index contributed by atoms with van der Waals surface area (Å²) in [5.41, 5.74) is 7.55. The van der Waals surface area contributed by atoms with Gasteiger partial charge in [-0.2, -0.15) is 0 Å². The Morgan fingerprint density at radius 3 is 3.19 bits per heavy atom. The number of hydrogen-bond acceptors (Lipinski definition) is 4. The molecule has 4 heteroatoms. The van der Waals surface area contributed by atoms with E-state index in [1.807, 2.05) is 24.3 Å². The zero-order valence-electron chi connectivity index (χ0n) is 9.65. The number of hydrogen-bond donors (Lipinski definition) is 2. The van der Waals surface area contributed by atoms with Crippen molar-refractivity contribution in [1.29, 1.82) is 0 Å². The van der Waals surface area contributed by atoms with E-state index in [1.165, 1.54) is 0 Å². The molecule has 3 N–H and O–H groups in total. The number of anilines is 2. The molecule has 1 aromatic carbocycles. The highest BCUT2D eigenvalue weighted by atomic mass is 16.5. The van der Waals surface area contributed by atoms with Crippen LogP contribution in [-0.4, -0.2) is 44.3 Å². The van der Waals surface area contributed by atoms with Crippen LogP contribution in [0.25, 0.3) is 0 Å². The summed E-state index contributed by atoms with van der Waals surface area (Å²) in [6.45, 7) is 3.65. The van der Waals surface area contributed by atoms with Crippen molar-refractivity contribution >= 4 is 11.4 Å². The summed E-state index contributed by atoms with van der Waals surface area (Å²) in [6.07, 6.45) is 0.264. The van der Waals surface area contributed by atoms with Crippen LogP contribution >= 0.6 is 0 Å². The molecule has 88 valence electrons. The van der Waals surface area contributed by atoms with Gasteiger partial charge in [-0.05, 0) is 25.2 Å². The highest BCUT2D eigenvalue weighted by Gasteiger charge is 2.16. The maximum Gasteiger partial charge on any atom is 0.0874 e. The lowest BCUT2D eigenvalue weighted by molar-refractivity contribution is -0.0117. The molecular formula is C12H19N3O. The van der Waals surface area contributed by atoms with Crippen LogP contribution in [0.2, 0.25) is 0 Å². The van der Waals surface area contributed by atoms with Gasteiger partial charge in [-0.15, -0.1) is 0 Å². The normalized spacial score (nSPS) is 21.9. The van der Waals surface area contributed by atoms with Crippen molar-refractivity contribution in [3.8, 4) is 0 Å². The predicted octanol–water partition coefficient (Wildman–Crippen LogP) is 1.01. The second-order valence-corrected chi connectivity index (χ2v) is 4.26. The SMILES string of the molecule is CN1CCOC(CNc2cccc(N)c2)C1. The average molecular weight is 221 g/mol. The van der Waals surface area contributed by atoms with Crippen LogP contribution < -0.4 is 11.1 Å². The van der Waals surface area contributed by atoms with Crippen molar-refractivity contribution in [2.75, 3.05) is 44.3 Å². The first kappa shape index (κ1) is 11.2. The van der Waals surface area contributed by atoms with Gasteiger partial charge in [0.15, 0.2) is 0 Å². The molecule has 0 bridgehead atoms. The number of nitrogen functional groups attached to an aromatic ring is 1. The lowest BCUT2D eigenvalue weighted by Gasteiger charge is -2.30. The molecule has 1 aliphatic rings. The molecule has 1 fully saturated rings. The number of morpholine rings is 1. The summed E-state index contributed by atoms with van der Waals surface area (Å²) in [5, 5.41) is 3.34. The quantitative estimate of drug-likeness (QED) is 0.748. The number of nitrogens with one attached hydrogen (secondary N) is 1. The fourth-order valence-electron chi connectivity index (χ4n) is 1.87. The van der Waals surface area contributed by atoms with Gasteiger partial charge in [0.25, 0.3) is 0 Å². The smallest absolute Gasteiger partial charge is 0.0874 e.